The van der Waals surface area contributed by atoms with Gasteiger partial charge in [-0.25, -0.2) is 4.39 Å². The molecular weight excluding hydrogens is 288 g/mol. The lowest BCUT2D eigenvalue weighted by atomic mass is 10.0. The molecule has 2 rings (SSSR count). The third kappa shape index (κ3) is 3.07. The smallest absolute Gasteiger partial charge is 0.382 e. The molecule has 7 heteroatoms. The number of hydrogen-bond donors (Lipinski definition) is 1. The molecule has 0 radical (unpaired) electrons. The minimum atomic E-state index is -4.80. The monoisotopic (exact) mass is 302 g/mol. The van der Waals surface area contributed by atoms with Gasteiger partial charge in [0.05, 0.1) is 17.0 Å². The predicted octanol–water partition coefficient (Wildman–Crippen LogP) is 3.45. The maximum atomic E-state index is 13.3. The van der Waals surface area contributed by atoms with Crippen LogP contribution in [0.5, 0.6) is 0 Å². The number of aliphatic hydroxyl groups excluding tert-OH is 1. The molecule has 1 atom stereocenters. The van der Waals surface area contributed by atoms with Gasteiger partial charge in [-0.15, -0.1) is 0 Å². The van der Waals surface area contributed by atoms with Gasteiger partial charge in [0.25, 0.3) is 0 Å². The number of aromatic nitrogens is 2. The molecule has 1 unspecified atom stereocenters. The molecule has 0 amide bonds. The summed E-state index contributed by atoms with van der Waals surface area (Å²) in [5, 5.41) is 14.4. The number of hydrogen-bond acceptors (Lipinski definition) is 2. The number of nitrogens with zero attached hydrogens (tertiary/aromatic N) is 2. The van der Waals surface area contributed by atoms with Gasteiger partial charge >= 0.3 is 6.18 Å². The van der Waals surface area contributed by atoms with Gasteiger partial charge in [0.2, 0.25) is 0 Å². The van der Waals surface area contributed by atoms with E-state index in [1.165, 1.54) is 4.68 Å². The summed E-state index contributed by atoms with van der Waals surface area (Å²) in [7, 11) is 0. The Morgan fingerprint density at radius 2 is 1.95 bits per heavy atom. The van der Waals surface area contributed by atoms with Gasteiger partial charge in [-0.2, -0.15) is 18.3 Å². The lowest BCUT2D eigenvalue weighted by molar-refractivity contribution is -0.140. The minimum absolute atomic E-state index is 0.0293. The minimum Gasteiger partial charge on any atom is -0.382 e. The van der Waals surface area contributed by atoms with E-state index in [4.69, 9.17) is 0 Å². The fourth-order valence-corrected chi connectivity index (χ4v) is 2.14. The Morgan fingerprint density at radius 3 is 2.52 bits per heavy atom. The van der Waals surface area contributed by atoms with Crippen molar-refractivity contribution < 1.29 is 22.7 Å². The molecule has 0 saturated carbocycles. The Labute approximate surface area is 118 Å². The van der Waals surface area contributed by atoms with Gasteiger partial charge in [0, 0.05) is 6.54 Å². The van der Waals surface area contributed by atoms with E-state index in [1.807, 2.05) is 0 Å². The highest BCUT2D eigenvalue weighted by molar-refractivity contribution is 5.33. The molecule has 2 aromatic rings. The molecule has 0 bridgehead atoms. The van der Waals surface area contributed by atoms with Crippen molar-refractivity contribution in [2.45, 2.75) is 32.7 Å². The van der Waals surface area contributed by atoms with Crippen LogP contribution in [0.4, 0.5) is 17.6 Å². The molecule has 114 valence electrons. The first-order valence-corrected chi connectivity index (χ1v) is 6.33. The summed E-state index contributed by atoms with van der Waals surface area (Å²) in [5.41, 5.74) is -0.407. The molecule has 0 aliphatic heterocycles. The van der Waals surface area contributed by atoms with Gasteiger partial charge in [0.15, 0.2) is 0 Å². The van der Waals surface area contributed by atoms with Gasteiger partial charge in [-0.1, -0.05) is 6.07 Å². The normalized spacial score (nSPS) is 13.5. The van der Waals surface area contributed by atoms with Crippen molar-refractivity contribution in [1.82, 2.24) is 9.78 Å². The highest BCUT2D eigenvalue weighted by Gasteiger charge is 2.35. The number of benzene rings is 1. The van der Waals surface area contributed by atoms with Crippen molar-refractivity contribution in [2.24, 2.45) is 0 Å². The van der Waals surface area contributed by atoms with E-state index in [1.54, 1.807) is 19.9 Å². The van der Waals surface area contributed by atoms with E-state index in [2.05, 4.69) is 5.10 Å². The SMILES string of the molecule is CCn1nc(C)cc1C(O)c1ccc(F)c(C(F)(F)F)c1. The zero-order valence-corrected chi connectivity index (χ0v) is 11.4. The molecule has 0 fully saturated rings. The third-order valence-electron chi connectivity index (χ3n) is 3.12. The topological polar surface area (TPSA) is 38.0 Å². The standard InChI is InChI=1S/C14H14F4N2O/c1-3-20-12(6-8(2)19-20)13(21)9-4-5-11(15)10(7-9)14(16,17)18/h4-7,13,21H,3H2,1-2H3. The fraction of sp³-hybridized carbons (Fsp3) is 0.357. The lowest BCUT2D eigenvalue weighted by Crippen LogP contribution is -2.12. The van der Waals surface area contributed by atoms with Crippen LogP contribution in [0.2, 0.25) is 0 Å². The van der Waals surface area contributed by atoms with E-state index in [9.17, 15) is 22.7 Å². The van der Waals surface area contributed by atoms with E-state index < -0.39 is 23.7 Å². The van der Waals surface area contributed by atoms with Crippen LogP contribution in [0, 0.1) is 12.7 Å². The van der Waals surface area contributed by atoms with E-state index in [0.717, 1.165) is 6.07 Å². The van der Waals surface area contributed by atoms with Crippen LogP contribution < -0.4 is 0 Å². The summed E-state index contributed by atoms with van der Waals surface area (Å²) in [5.74, 6) is -1.36. The van der Waals surface area contributed by atoms with Crippen LogP contribution in [-0.4, -0.2) is 14.9 Å². The second kappa shape index (κ2) is 5.48. The molecule has 0 aliphatic rings. The molecule has 0 spiro atoms. The quantitative estimate of drug-likeness (QED) is 0.882. The summed E-state index contributed by atoms with van der Waals surface area (Å²) in [6, 6.07) is 4.06. The second-order valence-electron chi connectivity index (χ2n) is 4.67. The van der Waals surface area contributed by atoms with Gasteiger partial charge in [-0.05, 0) is 37.6 Å². The summed E-state index contributed by atoms with van der Waals surface area (Å²) in [4.78, 5) is 0. The summed E-state index contributed by atoms with van der Waals surface area (Å²) >= 11 is 0. The van der Waals surface area contributed by atoms with Crippen molar-refractivity contribution >= 4 is 0 Å². The van der Waals surface area contributed by atoms with Crippen molar-refractivity contribution in [3.8, 4) is 0 Å². The zero-order chi connectivity index (χ0) is 15.8. The fourth-order valence-electron chi connectivity index (χ4n) is 2.14. The van der Waals surface area contributed by atoms with Gasteiger partial charge in [0.1, 0.15) is 11.9 Å². The Bertz CT molecular complexity index is 649. The van der Waals surface area contributed by atoms with Crippen molar-refractivity contribution in [1.29, 1.82) is 0 Å². The second-order valence-corrected chi connectivity index (χ2v) is 4.67. The summed E-state index contributed by atoms with van der Waals surface area (Å²) in [6.45, 7) is 3.98. The molecule has 3 nitrogen and oxygen atoms in total. The first kappa shape index (κ1) is 15.5. The summed E-state index contributed by atoms with van der Waals surface area (Å²) in [6.07, 6.45) is -6.10. The maximum Gasteiger partial charge on any atom is 0.419 e. The zero-order valence-electron chi connectivity index (χ0n) is 11.4. The molecular formula is C14H14F4N2O. The van der Waals surface area contributed by atoms with Crippen LogP contribution in [0.15, 0.2) is 24.3 Å². The molecule has 0 saturated heterocycles. The van der Waals surface area contributed by atoms with Crippen LogP contribution in [-0.2, 0) is 12.7 Å². The van der Waals surface area contributed by atoms with Crippen LogP contribution in [0.1, 0.15) is 35.5 Å². The lowest BCUT2D eigenvalue weighted by Gasteiger charge is -2.15. The average Bonchev–Trinajstić information content (AvgIpc) is 2.78. The summed E-state index contributed by atoms with van der Waals surface area (Å²) < 4.78 is 52.9. The first-order valence-electron chi connectivity index (χ1n) is 6.33. The molecule has 1 N–H and O–H groups in total. The molecule has 1 heterocycles. The molecule has 1 aromatic carbocycles. The predicted molar refractivity (Wildman–Crippen MR) is 68.1 cm³/mol. The Balaban J connectivity index is 2.46. The maximum absolute atomic E-state index is 13.3. The van der Waals surface area contributed by atoms with Gasteiger partial charge in [-0.3, -0.25) is 4.68 Å². The number of rotatable bonds is 3. The van der Waals surface area contributed by atoms with Crippen LogP contribution >= 0.6 is 0 Å². The van der Waals surface area contributed by atoms with Crippen molar-refractivity contribution in [3.05, 3.63) is 52.6 Å². The van der Waals surface area contributed by atoms with E-state index >= 15 is 0 Å². The number of alkyl halides is 3. The number of aliphatic hydroxyl groups is 1. The third-order valence-corrected chi connectivity index (χ3v) is 3.12. The van der Waals surface area contributed by atoms with Crippen molar-refractivity contribution in [2.75, 3.05) is 0 Å². The van der Waals surface area contributed by atoms with Crippen molar-refractivity contribution in [3.63, 3.8) is 0 Å². The van der Waals surface area contributed by atoms with E-state index in [0.29, 0.717) is 30.1 Å². The van der Waals surface area contributed by atoms with E-state index in [-0.39, 0.29) is 5.56 Å². The largest absolute Gasteiger partial charge is 0.419 e. The molecule has 1 aromatic heterocycles. The number of aryl methyl sites for hydroxylation is 2. The highest BCUT2D eigenvalue weighted by Crippen LogP contribution is 2.34. The molecule has 21 heavy (non-hydrogen) atoms. The number of halogens is 4. The van der Waals surface area contributed by atoms with Crippen LogP contribution in [0.25, 0.3) is 0 Å². The molecule has 0 aliphatic carbocycles. The Hall–Kier alpha value is -1.89. The van der Waals surface area contributed by atoms with Gasteiger partial charge < -0.3 is 5.11 Å². The highest BCUT2D eigenvalue weighted by atomic mass is 19.4. The van der Waals surface area contributed by atoms with Crippen LogP contribution in [0.3, 0.4) is 0 Å². The Morgan fingerprint density at radius 1 is 1.29 bits per heavy atom. The average molecular weight is 302 g/mol. The Kier molecular flexibility index (Phi) is 4.04. The first-order chi connectivity index (χ1) is 9.74.